The van der Waals surface area contributed by atoms with Gasteiger partial charge in [0.1, 0.15) is 30.5 Å². The number of aliphatic hydroxyl groups excluding tert-OH is 1. The molecule has 3 aromatic carbocycles. The van der Waals surface area contributed by atoms with E-state index in [1.54, 1.807) is 66.2 Å². The zero-order valence-corrected chi connectivity index (χ0v) is 22.1. The summed E-state index contributed by atoms with van der Waals surface area (Å²) >= 11 is 1.24. The number of thiazole rings is 1. The lowest BCUT2D eigenvalue weighted by Gasteiger charge is -2.23. The first-order valence-electron chi connectivity index (χ1n) is 12.3. The van der Waals surface area contributed by atoms with Crippen molar-refractivity contribution in [1.82, 2.24) is 4.98 Å². The number of aryl methyl sites for hydroxylation is 1. The summed E-state index contributed by atoms with van der Waals surface area (Å²) in [6.07, 6.45) is 3.21. The van der Waals surface area contributed by atoms with E-state index in [2.05, 4.69) is 17.6 Å². The molecule has 7 nitrogen and oxygen atoms in total. The van der Waals surface area contributed by atoms with Gasteiger partial charge in [-0.05, 0) is 54.4 Å². The molecule has 2 heterocycles. The van der Waals surface area contributed by atoms with E-state index in [1.807, 2.05) is 25.1 Å². The summed E-state index contributed by atoms with van der Waals surface area (Å²) in [5.41, 5.74) is 3.22. The van der Waals surface area contributed by atoms with Crippen LogP contribution >= 0.6 is 11.3 Å². The summed E-state index contributed by atoms with van der Waals surface area (Å²) < 4.78 is 11.5. The predicted molar refractivity (Wildman–Crippen MR) is 151 cm³/mol. The van der Waals surface area contributed by atoms with Gasteiger partial charge in [-0.2, -0.15) is 0 Å². The Labute approximate surface area is 230 Å². The van der Waals surface area contributed by atoms with Crippen molar-refractivity contribution in [3.8, 4) is 11.5 Å². The molecule has 0 aliphatic carbocycles. The van der Waals surface area contributed by atoms with Gasteiger partial charge in [0.2, 0.25) is 0 Å². The van der Waals surface area contributed by atoms with Crippen LogP contribution in [-0.2, 0) is 16.2 Å². The van der Waals surface area contributed by atoms with Crippen LogP contribution in [0.1, 0.15) is 28.3 Å². The second-order valence-corrected chi connectivity index (χ2v) is 9.83. The number of rotatable bonds is 9. The Morgan fingerprint density at radius 1 is 1.05 bits per heavy atom. The van der Waals surface area contributed by atoms with E-state index in [1.165, 1.54) is 16.2 Å². The number of carbonyl (C=O) groups is 2. The number of carbonyl (C=O) groups excluding carboxylic acids is 2. The van der Waals surface area contributed by atoms with Crippen LogP contribution in [-0.4, -0.2) is 28.4 Å². The van der Waals surface area contributed by atoms with Crippen LogP contribution in [0.3, 0.4) is 0 Å². The van der Waals surface area contributed by atoms with E-state index in [9.17, 15) is 14.7 Å². The Morgan fingerprint density at radius 3 is 2.44 bits per heavy atom. The quantitative estimate of drug-likeness (QED) is 0.118. The lowest BCUT2D eigenvalue weighted by Crippen LogP contribution is -2.29. The number of anilines is 1. The SMILES string of the molecule is C=CCOc1ccc([C@@H]2C(=C(O)c3ccc(OCc4cccc(C)c4)cc3)C(=O)C(=O)N2c2nccs2)cc1. The number of ether oxygens (including phenoxy) is 2. The van der Waals surface area contributed by atoms with Crippen molar-refractivity contribution in [3.63, 3.8) is 0 Å². The molecule has 0 unspecified atom stereocenters. The molecular weight excluding hydrogens is 512 g/mol. The van der Waals surface area contributed by atoms with Crippen LogP contribution in [0.5, 0.6) is 11.5 Å². The number of hydrogen-bond donors (Lipinski definition) is 1. The fourth-order valence-electron chi connectivity index (χ4n) is 4.41. The Bertz CT molecular complexity index is 1530. The fraction of sp³-hybridized carbons (Fsp3) is 0.129. The van der Waals surface area contributed by atoms with Crippen LogP contribution < -0.4 is 14.4 Å². The number of nitrogens with zero attached hydrogens (tertiary/aromatic N) is 2. The summed E-state index contributed by atoms with van der Waals surface area (Å²) in [7, 11) is 0. The lowest BCUT2D eigenvalue weighted by molar-refractivity contribution is -0.132. The molecular formula is C31H26N2O5S. The zero-order valence-electron chi connectivity index (χ0n) is 21.2. The van der Waals surface area contributed by atoms with E-state index < -0.39 is 17.7 Å². The zero-order chi connectivity index (χ0) is 27.4. The third-order valence-corrected chi connectivity index (χ3v) is 7.02. The summed E-state index contributed by atoms with van der Waals surface area (Å²) in [6, 6.07) is 21.0. The summed E-state index contributed by atoms with van der Waals surface area (Å²) in [5.74, 6) is -0.565. The van der Waals surface area contributed by atoms with E-state index in [-0.39, 0.29) is 11.3 Å². The van der Waals surface area contributed by atoms with Crippen molar-refractivity contribution in [2.24, 2.45) is 0 Å². The molecule has 0 bridgehead atoms. The average molecular weight is 539 g/mol. The summed E-state index contributed by atoms with van der Waals surface area (Å²) in [5, 5.41) is 13.4. The summed E-state index contributed by atoms with van der Waals surface area (Å²) in [4.78, 5) is 32.1. The van der Waals surface area contributed by atoms with Crippen LogP contribution in [0.4, 0.5) is 5.13 Å². The molecule has 8 heteroatoms. The Hall–Kier alpha value is -4.69. The molecule has 0 spiro atoms. The normalized spacial score (nSPS) is 16.3. The number of amides is 1. The van der Waals surface area contributed by atoms with Crippen molar-refractivity contribution >= 4 is 33.9 Å². The first kappa shape index (κ1) is 25.9. The number of aliphatic hydroxyl groups is 1. The monoisotopic (exact) mass is 538 g/mol. The molecule has 1 atom stereocenters. The molecule has 4 aromatic rings. The highest BCUT2D eigenvalue weighted by Crippen LogP contribution is 2.43. The molecule has 196 valence electrons. The van der Waals surface area contributed by atoms with Gasteiger partial charge in [0.25, 0.3) is 5.78 Å². The Balaban J connectivity index is 1.47. The molecule has 1 fully saturated rings. The fourth-order valence-corrected chi connectivity index (χ4v) is 5.08. The van der Waals surface area contributed by atoms with E-state index in [0.717, 1.165) is 11.1 Å². The first-order chi connectivity index (χ1) is 19.0. The number of benzene rings is 3. The molecule has 1 amide bonds. The van der Waals surface area contributed by atoms with Crippen LogP contribution in [0, 0.1) is 6.92 Å². The third kappa shape index (κ3) is 5.46. The standard InChI is InChI=1S/C31H26N2O5S/c1-3-16-37-24-11-7-22(8-12-24)27-26(29(35)30(36)33(27)31-32-15-17-39-31)28(34)23-9-13-25(14-10-23)38-19-21-6-4-5-20(2)18-21/h3-15,17-18,27,34H,1,16,19H2,2H3/t27-/m1/s1. The minimum absolute atomic E-state index is 0.0108. The summed E-state index contributed by atoms with van der Waals surface area (Å²) in [6.45, 7) is 6.42. The minimum Gasteiger partial charge on any atom is -0.507 e. The topological polar surface area (TPSA) is 89.0 Å². The predicted octanol–water partition coefficient (Wildman–Crippen LogP) is 6.22. The second kappa shape index (κ2) is 11.4. The smallest absolute Gasteiger partial charge is 0.301 e. The maximum absolute atomic E-state index is 13.3. The van der Waals surface area contributed by atoms with Gasteiger partial charge >= 0.3 is 5.91 Å². The second-order valence-electron chi connectivity index (χ2n) is 8.95. The van der Waals surface area contributed by atoms with Gasteiger partial charge in [0.15, 0.2) is 5.13 Å². The molecule has 0 radical (unpaired) electrons. The van der Waals surface area contributed by atoms with Gasteiger partial charge in [-0.15, -0.1) is 11.3 Å². The Kier molecular flexibility index (Phi) is 7.56. The number of Topliss-reactive ketones (excluding diaryl/α,β-unsaturated/α-hetero) is 1. The van der Waals surface area contributed by atoms with Crippen molar-refractivity contribution < 1.29 is 24.2 Å². The highest BCUT2D eigenvalue weighted by Gasteiger charge is 2.48. The molecule has 1 aromatic heterocycles. The van der Waals surface area contributed by atoms with Crippen molar-refractivity contribution in [1.29, 1.82) is 0 Å². The van der Waals surface area contributed by atoms with Crippen LogP contribution in [0.15, 0.2) is 103 Å². The molecule has 39 heavy (non-hydrogen) atoms. The van der Waals surface area contributed by atoms with Gasteiger partial charge in [0.05, 0.1) is 11.6 Å². The molecule has 1 aliphatic heterocycles. The van der Waals surface area contributed by atoms with Crippen molar-refractivity contribution in [2.75, 3.05) is 11.5 Å². The number of ketones is 1. The van der Waals surface area contributed by atoms with Gasteiger partial charge in [-0.25, -0.2) is 4.98 Å². The first-order valence-corrected chi connectivity index (χ1v) is 13.2. The Morgan fingerprint density at radius 2 is 1.77 bits per heavy atom. The molecule has 1 aliphatic rings. The number of hydrogen-bond acceptors (Lipinski definition) is 7. The highest BCUT2D eigenvalue weighted by atomic mass is 32.1. The van der Waals surface area contributed by atoms with E-state index >= 15 is 0 Å². The average Bonchev–Trinajstić information content (AvgIpc) is 3.57. The maximum Gasteiger partial charge on any atom is 0.301 e. The van der Waals surface area contributed by atoms with Gasteiger partial charge in [0, 0.05) is 17.1 Å². The number of aromatic nitrogens is 1. The van der Waals surface area contributed by atoms with E-state index in [4.69, 9.17) is 9.47 Å². The molecule has 5 rings (SSSR count). The minimum atomic E-state index is -0.859. The lowest BCUT2D eigenvalue weighted by atomic mass is 9.95. The van der Waals surface area contributed by atoms with Crippen LogP contribution in [0.2, 0.25) is 0 Å². The third-order valence-electron chi connectivity index (χ3n) is 6.25. The van der Waals surface area contributed by atoms with Crippen molar-refractivity contribution in [3.05, 3.63) is 125 Å². The molecule has 1 saturated heterocycles. The molecule has 1 N–H and O–H groups in total. The largest absolute Gasteiger partial charge is 0.507 e. The van der Waals surface area contributed by atoms with Crippen LogP contribution in [0.25, 0.3) is 5.76 Å². The van der Waals surface area contributed by atoms with E-state index in [0.29, 0.717) is 41.0 Å². The maximum atomic E-state index is 13.3. The van der Waals surface area contributed by atoms with Gasteiger partial charge in [-0.3, -0.25) is 14.5 Å². The highest BCUT2D eigenvalue weighted by molar-refractivity contribution is 7.14. The van der Waals surface area contributed by atoms with Gasteiger partial charge in [-0.1, -0.05) is 54.6 Å². The van der Waals surface area contributed by atoms with Crippen molar-refractivity contribution in [2.45, 2.75) is 19.6 Å². The molecule has 0 saturated carbocycles. The van der Waals surface area contributed by atoms with Gasteiger partial charge < -0.3 is 14.6 Å².